The molecule has 0 fully saturated rings. The molecular weight excluding hydrogens is 1060 g/mol. The van der Waals surface area contributed by atoms with Gasteiger partial charge < -0.3 is 88.9 Å². The van der Waals surface area contributed by atoms with Crippen LogP contribution in [0.4, 0.5) is 17.8 Å². The van der Waals surface area contributed by atoms with Crippen molar-refractivity contribution < 1.29 is 58.6 Å². The minimum atomic E-state index is -1.75. The molecule has 358 valence electrons. The Bertz CT molecular complexity index is 2520. The van der Waals surface area contributed by atoms with E-state index in [0.717, 1.165) is 11.4 Å². The molecule has 33 nitrogen and oxygen atoms in total. The zero-order valence-corrected chi connectivity index (χ0v) is 36.3. The van der Waals surface area contributed by atoms with Gasteiger partial charge in [0.1, 0.15) is 0 Å². The molecule has 0 aliphatic carbocycles. The molecule has 0 spiro atoms. The van der Waals surface area contributed by atoms with E-state index in [1.807, 2.05) is 57.2 Å². The summed E-state index contributed by atoms with van der Waals surface area (Å²) in [5.74, 6) is 0.355. The molecule has 8 rings (SSSR count). The van der Waals surface area contributed by atoms with E-state index < -0.39 is 10.2 Å². The third kappa shape index (κ3) is 18.7. The van der Waals surface area contributed by atoms with E-state index in [4.69, 9.17) is 47.8 Å². The first kappa shape index (κ1) is 63.3. The van der Waals surface area contributed by atoms with E-state index in [0.29, 0.717) is 53.1 Å². The van der Waals surface area contributed by atoms with Crippen LogP contribution in [0.15, 0.2) is 82.2 Å². The number of hydrogen-bond acceptors (Lipinski definition) is 20. The maximum Gasteiger partial charge on any atom is 2.00 e. The fraction of sp³-hybridized carbons (Fsp3) is 0.194. The number of H-pyrrole nitrogens is 3. The summed E-state index contributed by atoms with van der Waals surface area (Å²) in [6.07, 6.45) is 8.26. The van der Waals surface area contributed by atoms with Gasteiger partial charge in [-0.2, -0.15) is 15.0 Å². The molecule has 0 radical (unpaired) electrons. The maximum absolute atomic E-state index is 11.3. The number of nitrogens with two attached hydrogens (primary N) is 3. The number of rotatable bonds is 4. The third-order valence-corrected chi connectivity index (χ3v) is 7.09. The van der Waals surface area contributed by atoms with Crippen LogP contribution in [0.5, 0.6) is 0 Å². The smallest absolute Gasteiger partial charge is 0.412 e. The van der Waals surface area contributed by atoms with E-state index in [-0.39, 0.29) is 83.0 Å². The van der Waals surface area contributed by atoms with Crippen LogP contribution < -0.4 is 33.9 Å². The Hall–Kier alpha value is -8.36. The van der Waals surface area contributed by atoms with Crippen molar-refractivity contribution in [1.82, 2.24) is 68.5 Å². The Morgan fingerprint density at radius 1 is 0.508 bits per heavy atom. The summed E-state index contributed by atoms with van der Waals surface area (Å²) in [5.41, 5.74) is 19.7. The zero-order chi connectivity index (χ0) is 43.6. The molecule has 0 amide bonds. The Morgan fingerprint density at radius 3 is 0.954 bits per heavy atom. The summed E-state index contributed by atoms with van der Waals surface area (Å²) in [7, 11) is 0. The minimum absolute atomic E-state index is 0. The third-order valence-electron chi connectivity index (χ3n) is 7.09. The number of fused-ring (bicyclic) bond motifs is 3. The molecule has 0 unspecified atom stereocenters. The van der Waals surface area contributed by atoms with Gasteiger partial charge >= 0.3 is 21.1 Å². The molecule has 0 aliphatic heterocycles. The van der Waals surface area contributed by atoms with E-state index in [1.54, 1.807) is 45.1 Å². The molecular formula is C31H45N19O14Pt. The van der Waals surface area contributed by atoms with Gasteiger partial charge in [0, 0.05) is 32.0 Å². The van der Waals surface area contributed by atoms with E-state index in [1.165, 1.54) is 0 Å². The fourth-order valence-electron chi connectivity index (χ4n) is 4.64. The average Bonchev–Trinajstić information content (AvgIpc) is 3.93. The number of aromatic amines is 3. The van der Waals surface area contributed by atoms with E-state index >= 15 is 0 Å². The van der Waals surface area contributed by atoms with Gasteiger partial charge in [-0.1, -0.05) is 12.1 Å². The Morgan fingerprint density at radius 2 is 0.754 bits per heavy atom. The molecule has 0 bridgehead atoms. The number of nitrogens with one attached hydrogen (secondary N) is 3. The normalized spacial score (nSPS) is 9.03. The second-order valence-electron chi connectivity index (χ2n) is 10.8. The van der Waals surface area contributed by atoms with Crippen molar-refractivity contribution in [2.45, 2.75) is 40.4 Å². The number of hydrogen-bond donors (Lipinski definition) is 6. The summed E-state index contributed by atoms with van der Waals surface area (Å²) in [5, 5.41) is 29.5. The maximum atomic E-state index is 11.3. The molecule has 0 aromatic carbocycles. The number of imidazole rings is 3. The van der Waals surface area contributed by atoms with Gasteiger partial charge in [-0.3, -0.25) is 39.3 Å². The van der Waals surface area contributed by atoms with Gasteiger partial charge in [-0.25, -0.2) is 15.0 Å². The molecule has 0 atom stereocenters. The Labute approximate surface area is 376 Å². The fourth-order valence-corrected chi connectivity index (χ4v) is 4.64. The van der Waals surface area contributed by atoms with Crippen molar-refractivity contribution in [2.24, 2.45) is 0 Å². The molecule has 65 heavy (non-hydrogen) atoms. The van der Waals surface area contributed by atoms with Crippen LogP contribution >= 0.6 is 0 Å². The molecule has 0 saturated carbocycles. The standard InChI is InChI=1S/C10H8N2.3C7H9N5O.2NO3.5H2O.Pt/c1-3-7-11-9(5-1)10-6-2-4-8-12-10;3*1-2-12-3-9-4-5(12)10-7(8)11-6(4)13;2*2-1(3)4;;;;;;/h1-8H;3*3H,2H2,1H3,(H3,8,10,11,13);;;5*1H2;/q;;;;2*-1;;;;;;+2. The van der Waals surface area contributed by atoms with Crippen molar-refractivity contribution in [3.05, 3.63) is 129 Å². The van der Waals surface area contributed by atoms with Crippen LogP contribution in [0.2, 0.25) is 0 Å². The SMILES string of the molecule is CCn1cnc2c(=O)[nH]c(N)nc21.CCn1cnc2c(=O)[nH]c(N)nc21.CCn1cnc2c(=O)[nH]c(N)nc21.O.O.O.O.O.O=[N+]([O-])[O-].O=[N+]([O-])[O-].[Pt+2].c1ccc(-c2ccccn2)nc1. The monoisotopic (exact) mass is 1100 g/mol. The number of pyridine rings is 2. The van der Waals surface area contributed by atoms with E-state index in [2.05, 4.69) is 54.8 Å². The predicted octanol–water partition coefficient (Wildman–Crippen LogP) is -3.30. The largest absolute Gasteiger partial charge is 2.00 e. The molecule has 8 aromatic heterocycles. The molecule has 0 aliphatic rings. The Kier molecular flexibility index (Phi) is 29.8. The van der Waals surface area contributed by atoms with Crippen LogP contribution in [-0.2, 0) is 40.7 Å². The van der Waals surface area contributed by atoms with Gasteiger partial charge in [0.25, 0.3) is 16.7 Å². The Balaban J connectivity index is -0.000000351. The molecule has 34 heteroatoms. The number of nitrogen functional groups attached to an aromatic ring is 3. The van der Waals surface area contributed by atoms with Crippen LogP contribution in [0.3, 0.4) is 0 Å². The average molecular weight is 1100 g/mol. The number of anilines is 3. The van der Waals surface area contributed by atoms with Crippen molar-refractivity contribution in [3.8, 4) is 11.4 Å². The van der Waals surface area contributed by atoms with Crippen LogP contribution in [-0.4, -0.2) is 106 Å². The molecule has 0 saturated heterocycles. The second-order valence-corrected chi connectivity index (χ2v) is 10.8. The topological polar surface area (TPSA) is 584 Å². The second kappa shape index (κ2) is 30.6. The summed E-state index contributed by atoms with van der Waals surface area (Å²) in [4.78, 5) is 89.6. The summed E-state index contributed by atoms with van der Waals surface area (Å²) in [6.45, 7) is 7.98. The first-order valence-corrected chi connectivity index (χ1v) is 16.7. The van der Waals surface area contributed by atoms with Crippen LogP contribution in [0.25, 0.3) is 44.9 Å². The van der Waals surface area contributed by atoms with Crippen molar-refractivity contribution in [2.75, 3.05) is 17.2 Å². The summed E-state index contributed by atoms with van der Waals surface area (Å²) < 4.78 is 5.29. The minimum Gasteiger partial charge on any atom is -0.412 e. The van der Waals surface area contributed by atoms with E-state index in [9.17, 15) is 14.4 Å². The van der Waals surface area contributed by atoms with Gasteiger partial charge in [0.2, 0.25) is 17.8 Å². The number of aryl methyl sites for hydroxylation is 3. The molecule has 8 aromatic rings. The molecule has 8 heterocycles. The number of aromatic nitrogens is 14. The summed E-state index contributed by atoms with van der Waals surface area (Å²) in [6, 6.07) is 11.6. The van der Waals surface area contributed by atoms with Crippen LogP contribution in [0.1, 0.15) is 20.8 Å². The van der Waals surface area contributed by atoms with Crippen molar-refractivity contribution in [1.29, 1.82) is 0 Å². The van der Waals surface area contributed by atoms with Crippen molar-refractivity contribution >= 4 is 51.3 Å². The van der Waals surface area contributed by atoms with Gasteiger partial charge in [0.15, 0.2) is 33.5 Å². The first-order valence-electron chi connectivity index (χ1n) is 16.7. The van der Waals surface area contributed by atoms with Gasteiger partial charge in [-0.05, 0) is 45.0 Å². The molecule has 19 N–H and O–H groups in total. The van der Waals surface area contributed by atoms with Gasteiger partial charge in [-0.15, -0.1) is 0 Å². The quantitative estimate of drug-likeness (QED) is 0.0743. The predicted molar refractivity (Wildman–Crippen MR) is 231 cm³/mol. The van der Waals surface area contributed by atoms with Gasteiger partial charge in [0.05, 0.1) is 40.5 Å². The van der Waals surface area contributed by atoms with Crippen molar-refractivity contribution in [3.63, 3.8) is 0 Å². The first-order chi connectivity index (χ1) is 28.1. The summed E-state index contributed by atoms with van der Waals surface area (Å²) >= 11 is 0. The number of nitrogens with zero attached hydrogens (tertiary/aromatic N) is 13. The zero-order valence-electron chi connectivity index (χ0n) is 34.0. The van der Waals surface area contributed by atoms with Crippen LogP contribution in [0, 0.1) is 30.6 Å².